The third-order valence-electron chi connectivity index (χ3n) is 2.70. The smallest absolute Gasteiger partial charge is 0.242 e. The Morgan fingerprint density at radius 1 is 1.56 bits per heavy atom. The fourth-order valence-electron chi connectivity index (χ4n) is 1.64. The van der Waals surface area contributed by atoms with Gasteiger partial charge in [0.05, 0.1) is 13.2 Å². The second-order valence-corrected chi connectivity index (χ2v) is 4.13. The van der Waals surface area contributed by atoms with E-state index in [1.54, 1.807) is 0 Å². The van der Waals surface area contributed by atoms with Gasteiger partial charge in [-0.25, -0.2) is 0 Å². The Kier molecular flexibility index (Phi) is 4.70. The van der Waals surface area contributed by atoms with Crippen molar-refractivity contribution >= 4 is 11.8 Å². The number of carbonyl (C=O) groups is 2. The summed E-state index contributed by atoms with van der Waals surface area (Å²) in [4.78, 5) is 24.5. The average molecular weight is 229 g/mol. The number of hydrogen-bond acceptors (Lipinski definition) is 4. The summed E-state index contributed by atoms with van der Waals surface area (Å²) in [5, 5.41) is 0. The summed E-state index contributed by atoms with van der Waals surface area (Å²) in [5.41, 5.74) is 10.7. The second kappa shape index (κ2) is 5.81. The summed E-state index contributed by atoms with van der Waals surface area (Å²) < 4.78 is 5.14. The number of nitrogens with zero attached hydrogens (tertiary/aromatic N) is 1. The van der Waals surface area contributed by atoms with Gasteiger partial charge in [0.15, 0.2) is 0 Å². The van der Waals surface area contributed by atoms with Crippen molar-refractivity contribution in [1.29, 1.82) is 0 Å². The quantitative estimate of drug-likeness (QED) is 0.625. The van der Waals surface area contributed by atoms with Crippen LogP contribution in [0.15, 0.2) is 0 Å². The van der Waals surface area contributed by atoms with E-state index in [1.807, 2.05) is 6.92 Å². The molecule has 4 N–H and O–H groups in total. The SMILES string of the molecule is CC(CN)CC(=O)N1CCOCC1C(N)=O. The number of carbonyl (C=O) groups excluding carboxylic acids is 2. The Balaban J connectivity index is 2.60. The van der Waals surface area contributed by atoms with E-state index >= 15 is 0 Å². The lowest BCUT2D eigenvalue weighted by Gasteiger charge is -2.34. The maximum Gasteiger partial charge on any atom is 0.242 e. The van der Waals surface area contributed by atoms with Gasteiger partial charge in [-0.3, -0.25) is 9.59 Å². The summed E-state index contributed by atoms with van der Waals surface area (Å²) in [6.07, 6.45) is 0.347. The Bertz CT molecular complexity index is 270. The molecule has 2 unspecified atom stereocenters. The van der Waals surface area contributed by atoms with Crippen molar-refractivity contribution < 1.29 is 14.3 Å². The first kappa shape index (κ1) is 12.9. The molecule has 2 amide bonds. The first-order chi connectivity index (χ1) is 7.56. The van der Waals surface area contributed by atoms with Crippen molar-refractivity contribution in [3.8, 4) is 0 Å². The number of nitrogens with two attached hydrogens (primary N) is 2. The van der Waals surface area contributed by atoms with Crippen LogP contribution in [0.5, 0.6) is 0 Å². The molecule has 0 aromatic heterocycles. The topological polar surface area (TPSA) is 98.7 Å². The molecule has 1 rings (SSSR count). The van der Waals surface area contributed by atoms with Crippen LogP contribution in [0.4, 0.5) is 0 Å². The monoisotopic (exact) mass is 229 g/mol. The number of ether oxygens (including phenoxy) is 1. The molecule has 0 bridgehead atoms. The molecule has 2 atom stereocenters. The molecule has 16 heavy (non-hydrogen) atoms. The molecule has 1 fully saturated rings. The normalized spacial score (nSPS) is 22.9. The maximum atomic E-state index is 11.9. The van der Waals surface area contributed by atoms with Crippen LogP contribution in [0.25, 0.3) is 0 Å². The van der Waals surface area contributed by atoms with Crippen molar-refractivity contribution in [3.63, 3.8) is 0 Å². The molecule has 6 heteroatoms. The minimum atomic E-state index is -0.633. The Hall–Kier alpha value is -1.14. The van der Waals surface area contributed by atoms with Gasteiger partial charge >= 0.3 is 0 Å². The van der Waals surface area contributed by atoms with E-state index in [-0.39, 0.29) is 18.4 Å². The second-order valence-electron chi connectivity index (χ2n) is 4.13. The zero-order valence-corrected chi connectivity index (χ0v) is 9.52. The zero-order valence-electron chi connectivity index (χ0n) is 9.52. The van der Waals surface area contributed by atoms with Gasteiger partial charge in [0.2, 0.25) is 11.8 Å². The van der Waals surface area contributed by atoms with E-state index in [0.29, 0.717) is 26.1 Å². The molecule has 6 nitrogen and oxygen atoms in total. The summed E-state index contributed by atoms with van der Waals surface area (Å²) in [5.74, 6) is -0.484. The Morgan fingerprint density at radius 2 is 2.25 bits per heavy atom. The molecule has 0 spiro atoms. The van der Waals surface area contributed by atoms with Crippen LogP contribution < -0.4 is 11.5 Å². The fourth-order valence-corrected chi connectivity index (χ4v) is 1.64. The van der Waals surface area contributed by atoms with Gasteiger partial charge in [-0.05, 0) is 12.5 Å². The highest BCUT2D eigenvalue weighted by Gasteiger charge is 2.31. The third kappa shape index (κ3) is 3.18. The summed E-state index contributed by atoms with van der Waals surface area (Å²) in [6, 6.07) is -0.633. The van der Waals surface area contributed by atoms with E-state index < -0.39 is 11.9 Å². The average Bonchev–Trinajstić information content (AvgIpc) is 2.28. The van der Waals surface area contributed by atoms with Gasteiger partial charge in [0.1, 0.15) is 6.04 Å². The summed E-state index contributed by atoms with van der Waals surface area (Å²) >= 11 is 0. The Labute approximate surface area is 94.9 Å². The highest BCUT2D eigenvalue weighted by molar-refractivity contribution is 5.87. The minimum absolute atomic E-state index is 0.0787. The van der Waals surface area contributed by atoms with E-state index in [1.165, 1.54) is 4.90 Å². The lowest BCUT2D eigenvalue weighted by molar-refractivity contribution is -0.147. The number of rotatable bonds is 4. The molecule has 1 aliphatic rings. The summed E-state index contributed by atoms with van der Waals surface area (Å²) in [7, 11) is 0. The van der Waals surface area contributed by atoms with Gasteiger partial charge in [-0.1, -0.05) is 6.92 Å². The lowest BCUT2D eigenvalue weighted by Crippen LogP contribution is -2.55. The van der Waals surface area contributed by atoms with Crippen molar-refractivity contribution in [2.45, 2.75) is 19.4 Å². The zero-order chi connectivity index (χ0) is 12.1. The molecular formula is C10H19N3O3. The van der Waals surface area contributed by atoms with Gasteiger partial charge in [-0.2, -0.15) is 0 Å². The Morgan fingerprint density at radius 3 is 2.81 bits per heavy atom. The van der Waals surface area contributed by atoms with E-state index in [9.17, 15) is 9.59 Å². The third-order valence-corrected chi connectivity index (χ3v) is 2.70. The van der Waals surface area contributed by atoms with E-state index in [0.717, 1.165) is 0 Å². The summed E-state index contributed by atoms with van der Waals surface area (Å²) in [6.45, 7) is 3.42. The minimum Gasteiger partial charge on any atom is -0.377 e. The molecule has 92 valence electrons. The molecule has 0 saturated carbocycles. The molecule has 1 heterocycles. The number of morpholine rings is 1. The largest absolute Gasteiger partial charge is 0.377 e. The molecule has 0 aliphatic carbocycles. The molecule has 0 radical (unpaired) electrons. The first-order valence-corrected chi connectivity index (χ1v) is 5.42. The molecule has 1 aliphatic heterocycles. The van der Waals surface area contributed by atoms with Crippen molar-refractivity contribution in [2.75, 3.05) is 26.3 Å². The van der Waals surface area contributed by atoms with Crippen molar-refractivity contribution in [1.82, 2.24) is 4.90 Å². The predicted molar refractivity (Wildman–Crippen MR) is 58.3 cm³/mol. The van der Waals surface area contributed by atoms with Gasteiger partial charge in [0, 0.05) is 13.0 Å². The molecule has 0 aromatic rings. The molecule has 1 saturated heterocycles. The predicted octanol–water partition coefficient (Wildman–Crippen LogP) is -1.32. The number of hydrogen-bond donors (Lipinski definition) is 2. The van der Waals surface area contributed by atoms with Crippen molar-refractivity contribution in [3.05, 3.63) is 0 Å². The lowest BCUT2D eigenvalue weighted by atomic mass is 10.1. The van der Waals surface area contributed by atoms with Gasteiger partial charge in [0.25, 0.3) is 0 Å². The molecular weight excluding hydrogens is 210 g/mol. The van der Waals surface area contributed by atoms with Crippen LogP contribution in [-0.2, 0) is 14.3 Å². The van der Waals surface area contributed by atoms with Gasteiger partial charge < -0.3 is 21.1 Å². The van der Waals surface area contributed by atoms with Crippen LogP contribution in [0, 0.1) is 5.92 Å². The van der Waals surface area contributed by atoms with Crippen LogP contribution in [0.1, 0.15) is 13.3 Å². The standard InChI is InChI=1S/C10H19N3O3/c1-7(5-11)4-9(14)13-2-3-16-6-8(13)10(12)15/h7-8H,2-6,11H2,1H3,(H2,12,15). The maximum absolute atomic E-state index is 11.9. The number of amides is 2. The van der Waals surface area contributed by atoms with Crippen LogP contribution in [-0.4, -0.2) is 49.1 Å². The van der Waals surface area contributed by atoms with Crippen LogP contribution in [0.2, 0.25) is 0 Å². The highest BCUT2D eigenvalue weighted by Crippen LogP contribution is 2.11. The highest BCUT2D eigenvalue weighted by atomic mass is 16.5. The van der Waals surface area contributed by atoms with Gasteiger partial charge in [-0.15, -0.1) is 0 Å². The number of primary amides is 1. The molecule has 0 aromatic carbocycles. The van der Waals surface area contributed by atoms with Crippen molar-refractivity contribution in [2.24, 2.45) is 17.4 Å². The van der Waals surface area contributed by atoms with E-state index in [2.05, 4.69) is 0 Å². The first-order valence-electron chi connectivity index (χ1n) is 5.42. The fraction of sp³-hybridized carbons (Fsp3) is 0.800. The van der Waals surface area contributed by atoms with E-state index in [4.69, 9.17) is 16.2 Å². The van der Waals surface area contributed by atoms with Crippen LogP contribution in [0.3, 0.4) is 0 Å². The van der Waals surface area contributed by atoms with Crippen LogP contribution >= 0.6 is 0 Å².